The molecule has 112 valence electrons. The van der Waals surface area contributed by atoms with Gasteiger partial charge in [-0.05, 0) is 37.5 Å². The molecule has 0 aromatic carbocycles. The van der Waals surface area contributed by atoms with Crippen molar-refractivity contribution >= 4 is 17.3 Å². The maximum Gasteiger partial charge on any atom is 0.291 e. The Labute approximate surface area is 124 Å². The highest BCUT2D eigenvalue weighted by atomic mass is 35.5. The number of halogens is 1. The van der Waals surface area contributed by atoms with Gasteiger partial charge in [0.15, 0.2) is 0 Å². The summed E-state index contributed by atoms with van der Waals surface area (Å²) < 4.78 is 1.50. The number of aliphatic hydroxyl groups is 1. The summed E-state index contributed by atoms with van der Waals surface area (Å²) in [6.07, 6.45) is 5.70. The zero-order valence-electron chi connectivity index (χ0n) is 11.8. The number of hydrogen-bond acceptors (Lipinski definition) is 4. The molecule has 1 saturated carbocycles. The van der Waals surface area contributed by atoms with Gasteiger partial charge in [-0.15, -0.1) is 0 Å². The van der Waals surface area contributed by atoms with Gasteiger partial charge in [0.05, 0.1) is 11.2 Å². The van der Waals surface area contributed by atoms with E-state index in [-0.39, 0.29) is 18.1 Å². The number of nitrogens with zero attached hydrogens (tertiary/aromatic N) is 2. The molecule has 1 aromatic heterocycles. The van der Waals surface area contributed by atoms with Crippen LogP contribution in [0, 0.1) is 11.8 Å². The summed E-state index contributed by atoms with van der Waals surface area (Å²) in [4.78, 5) is 12.3. The molecule has 20 heavy (non-hydrogen) atoms. The zero-order valence-corrected chi connectivity index (χ0v) is 12.6. The number of aliphatic hydroxyl groups excluding tert-OH is 1. The minimum absolute atomic E-state index is 0.139. The molecule has 1 unspecified atom stereocenters. The lowest BCUT2D eigenvalue weighted by molar-refractivity contribution is 0.229. The minimum atomic E-state index is -0.139. The van der Waals surface area contributed by atoms with Gasteiger partial charge >= 0.3 is 0 Å². The monoisotopic (exact) mass is 299 g/mol. The molecule has 6 heteroatoms. The number of aromatic nitrogens is 2. The van der Waals surface area contributed by atoms with Crippen LogP contribution in [0.4, 0.5) is 5.69 Å². The summed E-state index contributed by atoms with van der Waals surface area (Å²) in [7, 11) is 0. The van der Waals surface area contributed by atoms with Gasteiger partial charge in [-0.3, -0.25) is 4.79 Å². The Kier molecular flexibility index (Phi) is 5.43. The van der Waals surface area contributed by atoms with E-state index in [0.717, 1.165) is 12.8 Å². The maximum absolute atomic E-state index is 12.3. The molecule has 0 aliphatic heterocycles. The van der Waals surface area contributed by atoms with Crippen molar-refractivity contribution in [2.45, 2.75) is 39.2 Å². The average molecular weight is 300 g/mol. The number of rotatable bonds is 8. The van der Waals surface area contributed by atoms with Gasteiger partial charge in [-0.25, -0.2) is 4.68 Å². The average Bonchev–Trinajstić information content (AvgIpc) is 3.24. The third kappa shape index (κ3) is 4.21. The number of anilines is 1. The van der Waals surface area contributed by atoms with Crippen LogP contribution in [0.2, 0.25) is 5.02 Å². The van der Waals surface area contributed by atoms with Crippen LogP contribution in [0.5, 0.6) is 0 Å². The fourth-order valence-electron chi connectivity index (χ4n) is 2.06. The van der Waals surface area contributed by atoms with E-state index in [9.17, 15) is 4.79 Å². The smallest absolute Gasteiger partial charge is 0.291 e. The normalized spacial score (nSPS) is 16.1. The van der Waals surface area contributed by atoms with E-state index in [4.69, 9.17) is 16.7 Å². The highest BCUT2D eigenvalue weighted by molar-refractivity contribution is 6.32. The van der Waals surface area contributed by atoms with E-state index in [1.807, 2.05) is 6.92 Å². The second-order valence-corrected chi connectivity index (χ2v) is 6.06. The fraction of sp³-hybridized carbons (Fsp3) is 0.714. The first-order valence-electron chi connectivity index (χ1n) is 7.22. The Morgan fingerprint density at radius 1 is 1.60 bits per heavy atom. The van der Waals surface area contributed by atoms with Gasteiger partial charge in [0.2, 0.25) is 0 Å². The van der Waals surface area contributed by atoms with Crippen molar-refractivity contribution in [1.29, 1.82) is 0 Å². The van der Waals surface area contributed by atoms with Gasteiger partial charge in [-0.1, -0.05) is 18.5 Å². The predicted octanol–water partition coefficient (Wildman–Crippen LogP) is 2.13. The number of nitrogens with one attached hydrogen (secondary N) is 1. The first kappa shape index (κ1) is 15.3. The molecule has 1 fully saturated rings. The molecule has 2 rings (SSSR count). The first-order valence-corrected chi connectivity index (χ1v) is 7.60. The summed E-state index contributed by atoms with van der Waals surface area (Å²) in [5, 5.41) is 16.5. The van der Waals surface area contributed by atoms with E-state index in [1.165, 1.54) is 23.7 Å². The van der Waals surface area contributed by atoms with Gasteiger partial charge < -0.3 is 10.4 Å². The Bertz CT molecular complexity index is 500. The molecule has 5 nitrogen and oxygen atoms in total. The van der Waals surface area contributed by atoms with Crippen LogP contribution >= 0.6 is 11.6 Å². The van der Waals surface area contributed by atoms with E-state index in [0.29, 0.717) is 29.7 Å². The van der Waals surface area contributed by atoms with Crippen molar-refractivity contribution < 1.29 is 5.11 Å². The van der Waals surface area contributed by atoms with Crippen molar-refractivity contribution in [3.05, 3.63) is 21.6 Å². The van der Waals surface area contributed by atoms with Crippen LogP contribution in [0.3, 0.4) is 0 Å². The topological polar surface area (TPSA) is 67.2 Å². The van der Waals surface area contributed by atoms with E-state index < -0.39 is 0 Å². The lowest BCUT2D eigenvalue weighted by atomic mass is 10.1. The molecule has 0 amide bonds. The van der Waals surface area contributed by atoms with Crippen LogP contribution < -0.4 is 10.9 Å². The fourth-order valence-corrected chi connectivity index (χ4v) is 2.25. The summed E-state index contributed by atoms with van der Waals surface area (Å²) in [6.45, 7) is 3.56. The Balaban J connectivity index is 1.93. The predicted molar refractivity (Wildman–Crippen MR) is 80.2 cm³/mol. The molecule has 1 aliphatic rings. The molecular weight excluding hydrogens is 278 g/mol. The molecule has 0 radical (unpaired) electrons. The summed E-state index contributed by atoms with van der Waals surface area (Å²) >= 11 is 6.04. The Hall–Kier alpha value is -1.07. The minimum Gasteiger partial charge on any atom is -0.396 e. The quantitative estimate of drug-likeness (QED) is 0.722. The van der Waals surface area contributed by atoms with Gasteiger partial charge in [-0.2, -0.15) is 5.10 Å². The standard InChI is InChI=1S/C14H22ClN3O2/c1-10(9-19)3-2-6-16-13-12(15)7-17-18(14(13)20)8-11-4-5-11/h7,10-11,16,19H,2-6,8-9H2,1H3. The molecule has 1 heterocycles. The number of hydrogen-bond donors (Lipinski definition) is 2. The summed E-state index contributed by atoms with van der Waals surface area (Å²) in [6, 6.07) is 0. The largest absolute Gasteiger partial charge is 0.396 e. The van der Waals surface area contributed by atoms with Crippen LogP contribution in [0.25, 0.3) is 0 Å². The third-order valence-corrected chi connectivity index (χ3v) is 3.90. The second kappa shape index (κ2) is 7.09. The van der Waals surface area contributed by atoms with E-state index in [2.05, 4.69) is 10.4 Å². The van der Waals surface area contributed by atoms with Crippen LogP contribution in [0.15, 0.2) is 11.0 Å². The molecular formula is C14H22ClN3O2. The maximum atomic E-state index is 12.3. The lowest BCUT2D eigenvalue weighted by Crippen LogP contribution is -2.27. The van der Waals surface area contributed by atoms with E-state index >= 15 is 0 Å². The third-order valence-electron chi connectivity index (χ3n) is 3.61. The molecule has 1 atom stereocenters. The van der Waals surface area contributed by atoms with Crippen molar-refractivity contribution in [2.24, 2.45) is 11.8 Å². The van der Waals surface area contributed by atoms with E-state index in [1.54, 1.807) is 0 Å². The summed E-state index contributed by atoms with van der Waals surface area (Å²) in [5.41, 5.74) is 0.304. The van der Waals surface area contributed by atoms with Gasteiger partial charge in [0.25, 0.3) is 5.56 Å². The van der Waals surface area contributed by atoms with Crippen molar-refractivity contribution in [3.63, 3.8) is 0 Å². The molecule has 0 spiro atoms. The molecule has 1 aromatic rings. The zero-order chi connectivity index (χ0) is 14.5. The van der Waals surface area contributed by atoms with Crippen LogP contribution in [0.1, 0.15) is 32.6 Å². The molecule has 0 bridgehead atoms. The van der Waals surface area contributed by atoms with Crippen LogP contribution in [-0.4, -0.2) is 28.0 Å². The van der Waals surface area contributed by atoms with Crippen molar-refractivity contribution in [3.8, 4) is 0 Å². The SMILES string of the molecule is CC(CO)CCCNc1c(Cl)cnn(CC2CC2)c1=O. The first-order chi connectivity index (χ1) is 9.61. The van der Waals surface area contributed by atoms with Crippen LogP contribution in [-0.2, 0) is 6.54 Å². The molecule has 1 aliphatic carbocycles. The summed E-state index contributed by atoms with van der Waals surface area (Å²) in [5.74, 6) is 0.885. The van der Waals surface area contributed by atoms with Crippen molar-refractivity contribution in [1.82, 2.24) is 9.78 Å². The Morgan fingerprint density at radius 3 is 3.00 bits per heavy atom. The highest BCUT2D eigenvalue weighted by Gasteiger charge is 2.23. The van der Waals surface area contributed by atoms with Crippen molar-refractivity contribution in [2.75, 3.05) is 18.5 Å². The Morgan fingerprint density at radius 2 is 2.35 bits per heavy atom. The molecule has 0 saturated heterocycles. The van der Waals surface area contributed by atoms with Gasteiger partial charge in [0.1, 0.15) is 5.69 Å². The lowest BCUT2D eigenvalue weighted by Gasteiger charge is -2.11. The van der Waals surface area contributed by atoms with Gasteiger partial charge in [0, 0.05) is 19.7 Å². The highest BCUT2D eigenvalue weighted by Crippen LogP contribution is 2.30. The molecule has 2 N–H and O–H groups in total. The second-order valence-electron chi connectivity index (χ2n) is 5.65.